The van der Waals surface area contributed by atoms with E-state index < -0.39 is 17.7 Å². The SMILES string of the molecule is CCCOCn1ccc2c(-c3nn(CCNC(=O)OC(C)(C)C)c(C(=O)OCC)c3-c3ccc(OCc4ccc(C(C)C)cc4)cc3)ncnc21. The van der Waals surface area contributed by atoms with Crippen molar-refractivity contribution >= 4 is 23.1 Å². The normalized spacial score (nSPS) is 11.6. The van der Waals surface area contributed by atoms with E-state index in [1.165, 1.54) is 11.9 Å². The summed E-state index contributed by atoms with van der Waals surface area (Å²) in [5, 5.41) is 8.45. The zero-order valence-corrected chi connectivity index (χ0v) is 30.6. The predicted molar refractivity (Wildman–Crippen MR) is 195 cm³/mol. The molecule has 3 aromatic heterocycles. The van der Waals surface area contributed by atoms with Crippen LogP contribution in [0.3, 0.4) is 0 Å². The van der Waals surface area contributed by atoms with E-state index in [-0.39, 0.29) is 25.4 Å². The van der Waals surface area contributed by atoms with Gasteiger partial charge in [0, 0.05) is 30.3 Å². The van der Waals surface area contributed by atoms with Crippen LogP contribution in [0.15, 0.2) is 67.1 Å². The van der Waals surface area contributed by atoms with Gasteiger partial charge >= 0.3 is 12.1 Å². The van der Waals surface area contributed by atoms with Crippen LogP contribution in [0.4, 0.5) is 4.79 Å². The van der Waals surface area contributed by atoms with Gasteiger partial charge in [0.25, 0.3) is 0 Å². The number of benzene rings is 2. The molecule has 12 heteroatoms. The van der Waals surface area contributed by atoms with E-state index in [1.807, 2.05) is 41.1 Å². The molecule has 0 saturated heterocycles. The van der Waals surface area contributed by atoms with Crippen LogP contribution >= 0.6 is 0 Å². The van der Waals surface area contributed by atoms with Crippen molar-refractivity contribution in [3.8, 4) is 28.3 Å². The molecule has 5 rings (SSSR count). The van der Waals surface area contributed by atoms with Crippen LogP contribution in [-0.2, 0) is 34.1 Å². The Morgan fingerprint density at radius 1 is 0.941 bits per heavy atom. The molecular formula is C39H48N6O6. The third-order valence-electron chi connectivity index (χ3n) is 7.97. The fourth-order valence-corrected chi connectivity index (χ4v) is 5.53. The van der Waals surface area contributed by atoms with Gasteiger partial charge in [-0.1, -0.05) is 57.2 Å². The van der Waals surface area contributed by atoms with E-state index in [0.717, 1.165) is 17.4 Å². The van der Waals surface area contributed by atoms with Crippen LogP contribution in [0.5, 0.6) is 5.75 Å². The number of carbonyl (C=O) groups is 2. The smallest absolute Gasteiger partial charge is 0.407 e. The van der Waals surface area contributed by atoms with Gasteiger partial charge in [-0.05, 0) is 74.9 Å². The molecule has 12 nitrogen and oxygen atoms in total. The van der Waals surface area contributed by atoms with E-state index >= 15 is 0 Å². The van der Waals surface area contributed by atoms with Gasteiger partial charge in [-0.3, -0.25) is 4.68 Å². The van der Waals surface area contributed by atoms with Crippen LogP contribution in [-0.4, -0.2) is 61.7 Å². The summed E-state index contributed by atoms with van der Waals surface area (Å²) in [5.41, 5.74) is 4.85. The lowest BCUT2D eigenvalue weighted by atomic mass is 10.00. The highest BCUT2D eigenvalue weighted by atomic mass is 16.6. The Kier molecular flexibility index (Phi) is 12.1. The molecule has 0 unspecified atom stereocenters. The number of rotatable bonds is 15. The van der Waals surface area contributed by atoms with Crippen LogP contribution in [0.1, 0.15) is 82.4 Å². The molecule has 1 amide bonds. The number of hydrogen-bond donors (Lipinski definition) is 1. The quantitative estimate of drug-likeness (QED) is 0.0862. The van der Waals surface area contributed by atoms with Crippen molar-refractivity contribution in [3.05, 3.63) is 83.9 Å². The average molecular weight is 697 g/mol. The first kappa shape index (κ1) is 37.0. The minimum atomic E-state index is -0.656. The van der Waals surface area contributed by atoms with Crippen molar-refractivity contribution in [2.75, 3.05) is 19.8 Å². The van der Waals surface area contributed by atoms with E-state index in [4.69, 9.17) is 24.0 Å². The monoisotopic (exact) mass is 696 g/mol. The second kappa shape index (κ2) is 16.7. The summed E-state index contributed by atoms with van der Waals surface area (Å²) < 4.78 is 26.4. The van der Waals surface area contributed by atoms with Gasteiger partial charge in [0.1, 0.15) is 48.1 Å². The zero-order chi connectivity index (χ0) is 36.5. The Bertz CT molecular complexity index is 1920. The molecule has 270 valence electrons. The molecule has 0 spiro atoms. The molecule has 0 aliphatic heterocycles. The van der Waals surface area contributed by atoms with Crippen molar-refractivity contribution in [2.24, 2.45) is 0 Å². The number of hydrogen-bond acceptors (Lipinski definition) is 9. The molecule has 0 fully saturated rings. The van der Waals surface area contributed by atoms with E-state index in [2.05, 4.69) is 60.3 Å². The Morgan fingerprint density at radius 3 is 2.35 bits per heavy atom. The Morgan fingerprint density at radius 2 is 1.69 bits per heavy atom. The summed E-state index contributed by atoms with van der Waals surface area (Å²) in [6.45, 7) is 15.4. The van der Waals surface area contributed by atoms with Crippen LogP contribution in [0.25, 0.3) is 33.5 Å². The summed E-state index contributed by atoms with van der Waals surface area (Å²) in [6, 6.07) is 17.9. The molecule has 5 aromatic rings. The predicted octanol–water partition coefficient (Wildman–Crippen LogP) is 7.75. The van der Waals surface area contributed by atoms with Crippen LogP contribution in [0.2, 0.25) is 0 Å². The zero-order valence-electron chi connectivity index (χ0n) is 30.6. The minimum Gasteiger partial charge on any atom is -0.489 e. The lowest BCUT2D eigenvalue weighted by Crippen LogP contribution is -2.34. The Hall–Kier alpha value is -5.23. The largest absolute Gasteiger partial charge is 0.489 e. The average Bonchev–Trinajstić information content (AvgIpc) is 3.69. The molecule has 0 atom stereocenters. The molecule has 0 saturated carbocycles. The maximum atomic E-state index is 13.7. The first-order chi connectivity index (χ1) is 24.5. The fourth-order valence-electron chi connectivity index (χ4n) is 5.53. The number of nitrogens with one attached hydrogen (secondary N) is 1. The molecule has 2 aromatic carbocycles. The molecular weight excluding hydrogens is 648 g/mol. The first-order valence-corrected chi connectivity index (χ1v) is 17.4. The van der Waals surface area contributed by atoms with Gasteiger partial charge in [0.15, 0.2) is 5.69 Å². The van der Waals surface area contributed by atoms with E-state index in [0.29, 0.717) is 59.8 Å². The molecule has 1 N–H and O–H groups in total. The third kappa shape index (κ3) is 9.31. The first-order valence-electron chi connectivity index (χ1n) is 17.4. The topological polar surface area (TPSA) is 132 Å². The van der Waals surface area contributed by atoms with Crippen LogP contribution < -0.4 is 10.1 Å². The summed E-state index contributed by atoms with van der Waals surface area (Å²) in [4.78, 5) is 35.4. The molecule has 3 heterocycles. The third-order valence-corrected chi connectivity index (χ3v) is 7.97. The molecule has 51 heavy (non-hydrogen) atoms. The number of amides is 1. The lowest BCUT2D eigenvalue weighted by molar-refractivity contribution is 0.0513. The van der Waals surface area contributed by atoms with Gasteiger partial charge in [0.2, 0.25) is 0 Å². The van der Waals surface area contributed by atoms with Crippen molar-refractivity contribution in [2.45, 2.75) is 86.3 Å². The van der Waals surface area contributed by atoms with Crippen LogP contribution in [0, 0.1) is 0 Å². The summed E-state index contributed by atoms with van der Waals surface area (Å²) in [7, 11) is 0. The second-order valence-corrected chi connectivity index (χ2v) is 13.4. The Labute approximate surface area is 299 Å². The second-order valence-electron chi connectivity index (χ2n) is 13.4. The standard InChI is InChI=1S/C39H48N6O6/c1-8-22-48-25-44-20-18-31-33(41-24-42-36(31)44)34-32(29-14-16-30(17-15-29)50-23-27-10-12-28(13-11-27)26(3)4)35(37(46)49-9-2)45(43-34)21-19-40-38(47)51-39(5,6)7/h10-18,20,24,26H,8-9,19,21-23,25H2,1-7H3,(H,40,47). The molecule has 0 aliphatic rings. The Balaban J connectivity index is 1.54. The number of nitrogens with zero attached hydrogens (tertiary/aromatic N) is 5. The molecule has 0 radical (unpaired) electrons. The number of esters is 1. The fraction of sp³-hybridized carbons (Fsp3) is 0.410. The van der Waals surface area contributed by atoms with Gasteiger partial charge in [-0.15, -0.1) is 0 Å². The summed E-state index contributed by atoms with van der Waals surface area (Å²) >= 11 is 0. The van der Waals surface area contributed by atoms with Crippen molar-refractivity contribution < 1.29 is 28.5 Å². The highest BCUT2D eigenvalue weighted by Crippen LogP contribution is 2.38. The number of aromatic nitrogens is 5. The van der Waals surface area contributed by atoms with Crippen molar-refractivity contribution in [3.63, 3.8) is 0 Å². The van der Waals surface area contributed by atoms with Gasteiger partial charge in [-0.25, -0.2) is 19.6 Å². The van der Waals surface area contributed by atoms with Crippen molar-refractivity contribution in [1.82, 2.24) is 29.6 Å². The lowest BCUT2D eigenvalue weighted by Gasteiger charge is -2.19. The minimum absolute atomic E-state index is 0.150. The summed E-state index contributed by atoms with van der Waals surface area (Å²) in [5.74, 6) is 0.582. The highest BCUT2D eigenvalue weighted by molar-refractivity contribution is 6.03. The van der Waals surface area contributed by atoms with Gasteiger partial charge in [-0.2, -0.15) is 5.10 Å². The number of alkyl carbamates (subject to hydrolysis) is 1. The number of ether oxygens (including phenoxy) is 4. The summed E-state index contributed by atoms with van der Waals surface area (Å²) in [6.07, 6.45) is 3.71. The number of carbonyl (C=O) groups excluding carboxylic acids is 2. The highest BCUT2D eigenvalue weighted by Gasteiger charge is 2.29. The van der Waals surface area contributed by atoms with E-state index in [1.54, 1.807) is 32.4 Å². The van der Waals surface area contributed by atoms with Gasteiger partial charge in [0.05, 0.1) is 13.2 Å². The maximum Gasteiger partial charge on any atom is 0.407 e. The molecule has 0 bridgehead atoms. The maximum absolute atomic E-state index is 13.7. The molecule has 0 aliphatic carbocycles. The number of fused-ring (bicyclic) bond motifs is 1. The van der Waals surface area contributed by atoms with E-state index in [9.17, 15) is 9.59 Å². The van der Waals surface area contributed by atoms with Gasteiger partial charge < -0.3 is 28.8 Å². The van der Waals surface area contributed by atoms with Crippen molar-refractivity contribution in [1.29, 1.82) is 0 Å².